The van der Waals surface area contributed by atoms with Crippen molar-refractivity contribution in [2.45, 2.75) is 6.54 Å². The minimum Gasteiger partial charge on any atom is -0.478 e. The van der Waals surface area contributed by atoms with Crippen molar-refractivity contribution in [2.75, 3.05) is 0 Å². The number of fused-ring (bicyclic) bond motifs is 1. The van der Waals surface area contributed by atoms with E-state index in [0.717, 1.165) is 28.5 Å². The van der Waals surface area contributed by atoms with Crippen LogP contribution in [-0.4, -0.2) is 16.1 Å². The number of hydrogen-bond acceptors (Lipinski definition) is 5. The molecule has 0 spiro atoms. The lowest BCUT2D eigenvalue weighted by Gasteiger charge is -2.29. The maximum absolute atomic E-state index is 13.0. The first-order chi connectivity index (χ1) is 13.1. The Morgan fingerprint density at radius 3 is 2.52 bits per heavy atom. The summed E-state index contributed by atoms with van der Waals surface area (Å²) in [5, 5.41) is 17.4. The zero-order valence-electron chi connectivity index (χ0n) is 14.2. The zero-order chi connectivity index (χ0) is 18.8. The van der Waals surface area contributed by atoms with E-state index in [9.17, 15) is 9.18 Å². The van der Waals surface area contributed by atoms with Gasteiger partial charge in [0.2, 0.25) is 0 Å². The first-order valence-electron chi connectivity index (χ1n) is 8.38. The molecule has 0 aromatic heterocycles. The van der Waals surface area contributed by atoms with Gasteiger partial charge in [0.25, 0.3) is 0 Å². The van der Waals surface area contributed by atoms with E-state index in [1.54, 1.807) is 36.4 Å². The molecule has 0 saturated heterocycles. The van der Waals surface area contributed by atoms with Gasteiger partial charge in [-0.1, -0.05) is 24.3 Å². The predicted octanol–water partition coefficient (Wildman–Crippen LogP) is 2.72. The molecule has 0 radical (unpaired) electrons. The zero-order valence-corrected chi connectivity index (χ0v) is 14.2. The maximum Gasteiger partial charge on any atom is 0.335 e. The molecule has 0 bridgehead atoms. The highest BCUT2D eigenvalue weighted by atomic mass is 19.1. The van der Waals surface area contributed by atoms with Gasteiger partial charge >= 0.3 is 5.97 Å². The van der Waals surface area contributed by atoms with Gasteiger partial charge in [-0.05, 0) is 42.0 Å². The largest absolute Gasteiger partial charge is 0.478 e. The summed E-state index contributed by atoms with van der Waals surface area (Å²) >= 11 is 0. The minimum absolute atomic E-state index is 0.245. The molecular formula is C20H17FN4O2. The first kappa shape index (κ1) is 16.7. The lowest BCUT2D eigenvalue weighted by atomic mass is 10.1. The average molecular weight is 364 g/mol. The number of allylic oxidation sites excluding steroid dienone is 2. The van der Waals surface area contributed by atoms with E-state index in [4.69, 9.17) is 5.11 Å². The Balaban J connectivity index is 1.45. The van der Waals surface area contributed by atoms with Gasteiger partial charge in [0, 0.05) is 18.3 Å². The van der Waals surface area contributed by atoms with Crippen LogP contribution >= 0.6 is 0 Å². The standard InChI is InChI=1S/C20H17FN4O2/c21-16-7-1-13(2-8-16)11-22-18-9-10-19-23-12-17(25(19)24-18)14-3-5-15(6-4-14)20(26)27/h1-10,12,22-24H,11H2,(H,26,27). The number of hydrazine groups is 1. The van der Waals surface area contributed by atoms with Crippen LogP contribution in [0.3, 0.4) is 0 Å². The Hall–Kier alpha value is -3.74. The van der Waals surface area contributed by atoms with Crippen molar-refractivity contribution < 1.29 is 14.3 Å². The monoisotopic (exact) mass is 364 g/mol. The van der Waals surface area contributed by atoms with Gasteiger partial charge in [-0.3, -0.25) is 5.43 Å². The molecule has 0 saturated carbocycles. The van der Waals surface area contributed by atoms with Crippen LogP contribution in [0, 0.1) is 5.82 Å². The second-order valence-corrected chi connectivity index (χ2v) is 6.12. The third-order valence-corrected chi connectivity index (χ3v) is 4.30. The summed E-state index contributed by atoms with van der Waals surface area (Å²) in [5.41, 5.74) is 6.23. The van der Waals surface area contributed by atoms with Gasteiger partial charge < -0.3 is 15.7 Å². The van der Waals surface area contributed by atoms with Crippen molar-refractivity contribution in [1.82, 2.24) is 21.1 Å². The van der Waals surface area contributed by atoms with E-state index < -0.39 is 5.97 Å². The highest BCUT2D eigenvalue weighted by Crippen LogP contribution is 2.27. The fraction of sp³-hybridized carbons (Fsp3) is 0.0500. The number of rotatable bonds is 5. The number of aromatic carboxylic acids is 1. The van der Waals surface area contributed by atoms with Crippen LogP contribution < -0.4 is 16.1 Å². The molecule has 2 aromatic rings. The summed E-state index contributed by atoms with van der Waals surface area (Å²) in [4.78, 5) is 11.0. The van der Waals surface area contributed by atoms with Crippen molar-refractivity contribution in [3.63, 3.8) is 0 Å². The molecule has 2 aliphatic rings. The summed E-state index contributed by atoms with van der Waals surface area (Å²) in [6, 6.07) is 13.0. The van der Waals surface area contributed by atoms with Crippen molar-refractivity contribution >= 4 is 11.7 Å². The van der Waals surface area contributed by atoms with Gasteiger partial charge in [-0.2, -0.15) is 0 Å². The third-order valence-electron chi connectivity index (χ3n) is 4.30. The number of benzene rings is 2. The Morgan fingerprint density at radius 1 is 1.07 bits per heavy atom. The van der Waals surface area contributed by atoms with E-state index in [0.29, 0.717) is 6.54 Å². The molecule has 4 rings (SSSR count). The molecular weight excluding hydrogens is 347 g/mol. The molecule has 136 valence electrons. The number of halogens is 1. The first-order valence-corrected chi connectivity index (χ1v) is 8.38. The van der Waals surface area contributed by atoms with Gasteiger partial charge in [0.15, 0.2) is 0 Å². The normalized spacial score (nSPS) is 15.0. The minimum atomic E-state index is -0.952. The van der Waals surface area contributed by atoms with Gasteiger partial charge in [-0.25, -0.2) is 14.2 Å². The number of carboxylic acids is 1. The predicted molar refractivity (Wildman–Crippen MR) is 98.9 cm³/mol. The Labute approximate surface area is 155 Å². The van der Waals surface area contributed by atoms with E-state index in [2.05, 4.69) is 16.1 Å². The quantitative estimate of drug-likeness (QED) is 0.654. The number of carbonyl (C=O) groups is 1. The molecule has 4 N–H and O–H groups in total. The van der Waals surface area contributed by atoms with Crippen LogP contribution in [0.25, 0.3) is 5.70 Å². The Kier molecular flexibility index (Phi) is 4.25. The molecule has 2 aromatic carbocycles. The molecule has 0 aliphatic carbocycles. The maximum atomic E-state index is 13.0. The molecule has 0 unspecified atom stereocenters. The second-order valence-electron chi connectivity index (χ2n) is 6.12. The molecule has 2 aliphatic heterocycles. The van der Waals surface area contributed by atoms with E-state index in [-0.39, 0.29) is 11.4 Å². The summed E-state index contributed by atoms with van der Waals surface area (Å²) in [6.45, 7) is 0.551. The van der Waals surface area contributed by atoms with Crippen molar-refractivity contribution in [2.24, 2.45) is 0 Å². The number of nitrogens with zero attached hydrogens (tertiary/aromatic N) is 1. The van der Waals surface area contributed by atoms with Crippen LogP contribution in [0.1, 0.15) is 21.5 Å². The van der Waals surface area contributed by atoms with Gasteiger partial charge in [0.05, 0.1) is 11.3 Å². The lowest BCUT2D eigenvalue weighted by Crippen LogP contribution is -2.41. The SMILES string of the molecule is O=C(O)c1ccc(C2=CNC3=CC=C(NCc4ccc(F)cc4)NN32)cc1. The topological polar surface area (TPSA) is 76.6 Å². The van der Waals surface area contributed by atoms with E-state index in [1.807, 2.05) is 23.4 Å². The van der Waals surface area contributed by atoms with Crippen molar-refractivity contribution in [1.29, 1.82) is 0 Å². The van der Waals surface area contributed by atoms with Crippen molar-refractivity contribution in [3.05, 3.63) is 101 Å². The molecule has 6 nitrogen and oxygen atoms in total. The third kappa shape index (κ3) is 3.48. The fourth-order valence-electron chi connectivity index (χ4n) is 2.86. The summed E-state index contributed by atoms with van der Waals surface area (Å²) in [6.07, 6.45) is 5.69. The summed E-state index contributed by atoms with van der Waals surface area (Å²) < 4.78 is 13.0. The van der Waals surface area contributed by atoms with Crippen LogP contribution in [0.5, 0.6) is 0 Å². The molecule has 0 atom stereocenters. The van der Waals surface area contributed by atoms with Gasteiger partial charge in [-0.15, -0.1) is 0 Å². The Morgan fingerprint density at radius 2 is 1.81 bits per heavy atom. The smallest absolute Gasteiger partial charge is 0.335 e. The van der Waals surface area contributed by atoms with Gasteiger partial charge in [0.1, 0.15) is 17.5 Å². The number of nitrogens with one attached hydrogen (secondary N) is 3. The fourth-order valence-corrected chi connectivity index (χ4v) is 2.86. The summed E-state index contributed by atoms with van der Waals surface area (Å²) in [7, 11) is 0. The molecule has 7 heteroatoms. The van der Waals surface area contributed by atoms with Crippen molar-refractivity contribution in [3.8, 4) is 0 Å². The molecule has 0 fully saturated rings. The summed E-state index contributed by atoms with van der Waals surface area (Å²) in [5.74, 6) is 0.444. The van der Waals surface area contributed by atoms with E-state index >= 15 is 0 Å². The molecule has 2 heterocycles. The number of carboxylic acid groups (broad SMARTS) is 1. The highest BCUT2D eigenvalue weighted by molar-refractivity contribution is 5.88. The van der Waals surface area contributed by atoms with Crippen LogP contribution in [0.15, 0.2) is 78.5 Å². The van der Waals surface area contributed by atoms with Crippen LogP contribution in [-0.2, 0) is 6.54 Å². The lowest BCUT2D eigenvalue weighted by molar-refractivity contribution is 0.0697. The van der Waals surface area contributed by atoms with Crippen LogP contribution in [0.4, 0.5) is 4.39 Å². The van der Waals surface area contributed by atoms with E-state index in [1.165, 1.54) is 12.1 Å². The second kappa shape index (κ2) is 6.87. The number of hydrogen-bond donors (Lipinski definition) is 4. The highest BCUT2D eigenvalue weighted by Gasteiger charge is 2.24. The molecule has 27 heavy (non-hydrogen) atoms. The molecule has 0 amide bonds. The Bertz CT molecular complexity index is 962. The average Bonchev–Trinajstić information content (AvgIpc) is 3.11. The van der Waals surface area contributed by atoms with Crippen LogP contribution in [0.2, 0.25) is 0 Å².